The first-order chi connectivity index (χ1) is 8.33. The second-order valence-corrected chi connectivity index (χ2v) is 3.97. The Morgan fingerprint density at radius 1 is 1.18 bits per heavy atom. The molecule has 0 bridgehead atoms. The molecule has 3 heteroatoms. The summed E-state index contributed by atoms with van der Waals surface area (Å²) in [6.07, 6.45) is 2.77. The fourth-order valence-corrected chi connectivity index (χ4v) is 1.66. The maximum Gasteiger partial charge on any atom is 0.226 e. The summed E-state index contributed by atoms with van der Waals surface area (Å²) < 4.78 is 5.47. The van der Waals surface area contributed by atoms with E-state index in [4.69, 9.17) is 4.42 Å². The van der Waals surface area contributed by atoms with E-state index in [1.54, 1.807) is 6.26 Å². The number of nitrogens with one attached hydrogen (secondary N) is 1. The summed E-state index contributed by atoms with van der Waals surface area (Å²) in [6, 6.07) is 8.34. The number of oxazole rings is 1. The molecule has 1 aromatic carbocycles. The van der Waals surface area contributed by atoms with Crippen LogP contribution >= 0.6 is 0 Å². The third-order valence-corrected chi connectivity index (χ3v) is 2.72. The van der Waals surface area contributed by atoms with Crippen LogP contribution in [0.25, 0.3) is 11.5 Å². The second-order valence-electron chi connectivity index (χ2n) is 3.97. The summed E-state index contributed by atoms with van der Waals surface area (Å²) in [4.78, 5) is 4.44. The number of nitrogens with zero attached hydrogens (tertiary/aromatic N) is 1. The van der Waals surface area contributed by atoms with Crippen molar-refractivity contribution in [1.29, 1.82) is 0 Å². The first-order valence-corrected chi connectivity index (χ1v) is 6.08. The third-order valence-electron chi connectivity index (χ3n) is 2.72. The number of aryl methyl sites for hydroxylation is 1. The third kappa shape index (κ3) is 2.94. The van der Waals surface area contributed by atoms with Crippen LogP contribution in [0.4, 0.5) is 0 Å². The highest BCUT2D eigenvalue weighted by atomic mass is 16.3. The van der Waals surface area contributed by atoms with E-state index in [1.807, 2.05) is 0 Å². The zero-order chi connectivity index (χ0) is 12.1. The van der Waals surface area contributed by atoms with E-state index in [1.165, 1.54) is 5.56 Å². The number of benzene rings is 1. The Bertz CT molecular complexity index is 459. The normalized spacial score (nSPS) is 10.7. The highest BCUT2D eigenvalue weighted by molar-refractivity contribution is 5.53. The Hall–Kier alpha value is -1.61. The van der Waals surface area contributed by atoms with Gasteiger partial charge in [0.2, 0.25) is 5.89 Å². The molecule has 0 fully saturated rings. The molecule has 0 spiro atoms. The van der Waals surface area contributed by atoms with Crippen LogP contribution in [-0.4, -0.2) is 11.5 Å². The van der Waals surface area contributed by atoms with E-state index in [9.17, 15) is 0 Å². The quantitative estimate of drug-likeness (QED) is 0.858. The van der Waals surface area contributed by atoms with E-state index in [2.05, 4.69) is 48.4 Å². The SMILES string of the molecule is CCNCc1coc(-c2ccc(CC)cc2)n1. The maximum atomic E-state index is 5.47. The van der Waals surface area contributed by atoms with Crippen molar-refractivity contribution < 1.29 is 4.42 Å². The lowest BCUT2D eigenvalue weighted by Crippen LogP contribution is -2.11. The van der Waals surface area contributed by atoms with Gasteiger partial charge in [0, 0.05) is 12.1 Å². The molecule has 3 nitrogen and oxygen atoms in total. The van der Waals surface area contributed by atoms with Crippen molar-refractivity contribution in [3.8, 4) is 11.5 Å². The predicted octanol–water partition coefficient (Wildman–Crippen LogP) is 3.01. The summed E-state index contributed by atoms with van der Waals surface area (Å²) in [5.41, 5.74) is 3.31. The monoisotopic (exact) mass is 230 g/mol. The van der Waals surface area contributed by atoms with Crippen LogP contribution in [0.3, 0.4) is 0 Å². The van der Waals surface area contributed by atoms with Gasteiger partial charge in [-0.05, 0) is 30.7 Å². The van der Waals surface area contributed by atoms with Gasteiger partial charge in [-0.2, -0.15) is 0 Å². The number of hydrogen-bond donors (Lipinski definition) is 1. The van der Waals surface area contributed by atoms with E-state index >= 15 is 0 Å². The lowest BCUT2D eigenvalue weighted by Gasteiger charge is -1.98. The average Bonchev–Trinajstić information content (AvgIpc) is 2.85. The van der Waals surface area contributed by atoms with Gasteiger partial charge in [-0.25, -0.2) is 4.98 Å². The highest BCUT2D eigenvalue weighted by Gasteiger charge is 2.05. The van der Waals surface area contributed by atoms with E-state index in [0.29, 0.717) is 5.89 Å². The minimum atomic E-state index is 0.695. The van der Waals surface area contributed by atoms with Crippen molar-refractivity contribution >= 4 is 0 Å². The Labute approximate surface area is 102 Å². The van der Waals surface area contributed by atoms with Crippen molar-refractivity contribution in [2.45, 2.75) is 26.8 Å². The van der Waals surface area contributed by atoms with Gasteiger partial charge in [-0.15, -0.1) is 0 Å². The van der Waals surface area contributed by atoms with E-state index in [-0.39, 0.29) is 0 Å². The molecule has 0 radical (unpaired) electrons. The topological polar surface area (TPSA) is 38.1 Å². The van der Waals surface area contributed by atoms with Crippen LogP contribution in [0.2, 0.25) is 0 Å². The molecule has 0 amide bonds. The van der Waals surface area contributed by atoms with Crippen LogP contribution in [0.1, 0.15) is 25.1 Å². The number of hydrogen-bond acceptors (Lipinski definition) is 3. The van der Waals surface area contributed by atoms with Gasteiger partial charge >= 0.3 is 0 Å². The molecule has 0 saturated carbocycles. The number of aromatic nitrogens is 1. The Morgan fingerprint density at radius 3 is 2.59 bits per heavy atom. The molecule has 1 N–H and O–H groups in total. The molecule has 0 atom stereocenters. The molecule has 90 valence electrons. The molecule has 2 rings (SSSR count). The lowest BCUT2D eigenvalue weighted by atomic mass is 10.1. The molecular formula is C14H18N2O. The van der Waals surface area contributed by atoms with Crippen LogP contribution in [0, 0.1) is 0 Å². The average molecular weight is 230 g/mol. The van der Waals surface area contributed by atoms with Crippen molar-refractivity contribution in [3.63, 3.8) is 0 Å². The molecule has 1 aromatic heterocycles. The summed E-state index contributed by atoms with van der Waals surface area (Å²) in [7, 11) is 0. The van der Waals surface area contributed by atoms with Crippen LogP contribution in [0.15, 0.2) is 34.9 Å². The first-order valence-electron chi connectivity index (χ1n) is 6.08. The molecule has 0 aliphatic carbocycles. The van der Waals surface area contributed by atoms with Gasteiger partial charge in [0.05, 0.1) is 5.69 Å². The van der Waals surface area contributed by atoms with Crippen LogP contribution in [0.5, 0.6) is 0 Å². The largest absolute Gasteiger partial charge is 0.444 e. The lowest BCUT2D eigenvalue weighted by molar-refractivity contribution is 0.570. The zero-order valence-corrected chi connectivity index (χ0v) is 10.4. The summed E-state index contributed by atoms with van der Waals surface area (Å²) >= 11 is 0. The molecule has 2 aromatic rings. The number of rotatable bonds is 5. The standard InChI is InChI=1S/C14H18N2O/c1-3-11-5-7-12(8-6-11)14-16-13(10-17-14)9-15-4-2/h5-8,10,15H,3-4,9H2,1-2H3. The Balaban J connectivity index is 2.12. The highest BCUT2D eigenvalue weighted by Crippen LogP contribution is 2.19. The summed E-state index contributed by atoms with van der Waals surface area (Å²) in [6.45, 7) is 5.92. The van der Waals surface area contributed by atoms with E-state index < -0.39 is 0 Å². The molecule has 0 aliphatic heterocycles. The van der Waals surface area contributed by atoms with Gasteiger partial charge < -0.3 is 9.73 Å². The molecular weight excluding hydrogens is 212 g/mol. The molecule has 0 saturated heterocycles. The minimum absolute atomic E-state index is 0.695. The van der Waals surface area contributed by atoms with Crippen molar-refractivity contribution in [1.82, 2.24) is 10.3 Å². The van der Waals surface area contributed by atoms with Gasteiger partial charge in [0.1, 0.15) is 6.26 Å². The second kappa shape index (κ2) is 5.64. The van der Waals surface area contributed by atoms with Crippen molar-refractivity contribution in [2.75, 3.05) is 6.54 Å². The van der Waals surface area contributed by atoms with Crippen molar-refractivity contribution in [3.05, 3.63) is 41.8 Å². The van der Waals surface area contributed by atoms with Gasteiger partial charge in [0.15, 0.2) is 0 Å². The smallest absolute Gasteiger partial charge is 0.226 e. The van der Waals surface area contributed by atoms with Gasteiger partial charge in [-0.3, -0.25) is 0 Å². The first kappa shape index (κ1) is 11.9. The van der Waals surface area contributed by atoms with Crippen molar-refractivity contribution in [2.24, 2.45) is 0 Å². The summed E-state index contributed by atoms with van der Waals surface area (Å²) in [5.74, 6) is 0.695. The minimum Gasteiger partial charge on any atom is -0.444 e. The Morgan fingerprint density at radius 2 is 1.94 bits per heavy atom. The molecule has 1 heterocycles. The Kier molecular flexibility index (Phi) is 3.94. The molecule has 0 aliphatic rings. The fourth-order valence-electron chi connectivity index (χ4n) is 1.66. The van der Waals surface area contributed by atoms with Crippen LogP contribution < -0.4 is 5.32 Å². The molecule has 17 heavy (non-hydrogen) atoms. The zero-order valence-electron chi connectivity index (χ0n) is 10.4. The maximum absolute atomic E-state index is 5.47. The predicted molar refractivity (Wildman–Crippen MR) is 68.7 cm³/mol. The van der Waals surface area contributed by atoms with Gasteiger partial charge in [-0.1, -0.05) is 26.0 Å². The van der Waals surface area contributed by atoms with Crippen LogP contribution in [-0.2, 0) is 13.0 Å². The van der Waals surface area contributed by atoms with Gasteiger partial charge in [0.25, 0.3) is 0 Å². The molecule has 0 unspecified atom stereocenters. The fraction of sp³-hybridized carbons (Fsp3) is 0.357. The van der Waals surface area contributed by atoms with E-state index in [0.717, 1.165) is 30.8 Å². The summed E-state index contributed by atoms with van der Waals surface area (Å²) in [5, 5.41) is 3.23.